The van der Waals surface area contributed by atoms with Crippen LogP contribution in [0.25, 0.3) is 0 Å². The molecule has 0 amide bonds. The third-order valence-corrected chi connectivity index (χ3v) is 4.26. The predicted octanol–water partition coefficient (Wildman–Crippen LogP) is 2.51. The van der Waals surface area contributed by atoms with Gasteiger partial charge < -0.3 is 10.1 Å². The molecular formula is C15H20Cl2N4OS. The fourth-order valence-corrected chi connectivity index (χ4v) is 2.74. The zero-order chi connectivity index (χ0) is 16.7. The first-order valence-electron chi connectivity index (χ1n) is 7.40. The van der Waals surface area contributed by atoms with Crippen molar-refractivity contribution < 1.29 is 4.74 Å². The lowest BCUT2D eigenvalue weighted by molar-refractivity contribution is 0.0389. The van der Waals surface area contributed by atoms with Gasteiger partial charge in [0.2, 0.25) is 0 Å². The molecule has 1 heterocycles. The van der Waals surface area contributed by atoms with E-state index in [2.05, 4.69) is 20.7 Å². The van der Waals surface area contributed by atoms with Gasteiger partial charge in [0, 0.05) is 41.8 Å². The Labute approximate surface area is 152 Å². The zero-order valence-corrected chi connectivity index (χ0v) is 15.3. The lowest BCUT2D eigenvalue weighted by Gasteiger charge is -2.26. The summed E-state index contributed by atoms with van der Waals surface area (Å²) in [5.41, 5.74) is 4.33. The summed E-state index contributed by atoms with van der Waals surface area (Å²) in [7, 11) is 0. The molecule has 23 heavy (non-hydrogen) atoms. The number of rotatable bonds is 5. The van der Waals surface area contributed by atoms with Crippen molar-refractivity contribution in [2.45, 2.75) is 6.92 Å². The highest BCUT2D eigenvalue weighted by atomic mass is 35.5. The Balaban J connectivity index is 1.77. The molecule has 126 valence electrons. The van der Waals surface area contributed by atoms with E-state index in [1.165, 1.54) is 0 Å². The smallest absolute Gasteiger partial charge is 0.187 e. The van der Waals surface area contributed by atoms with Crippen molar-refractivity contribution in [3.05, 3.63) is 33.8 Å². The molecule has 1 aromatic carbocycles. The SMILES string of the molecule is C/C(=N/NC(=S)NCCN1CCOCC1)c1cc(Cl)ccc1Cl. The maximum atomic E-state index is 6.14. The van der Waals surface area contributed by atoms with Crippen LogP contribution in [0, 0.1) is 0 Å². The van der Waals surface area contributed by atoms with Gasteiger partial charge in [-0.05, 0) is 37.3 Å². The number of hydrogen-bond donors (Lipinski definition) is 2. The Kier molecular flexibility index (Phi) is 7.52. The first kappa shape index (κ1) is 18.4. The van der Waals surface area contributed by atoms with Crippen molar-refractivity contribution in [1.29, 1.82) is 0 Å². The average molecular weight is 375 g/mol. The van der Waals surface area contributed by atoms with E-state index in [1.54, 1.807) is 18.2 Å². The minimum atomic E-state index is 0.482. The Bertz CT molecular complexity index is 577. The van der Waals surface area contributed by atoms with Gasteiger partial charge in [-0.1, -0.05) is 23.2 Å². The van der Waals surface area contributed by atoms with E-state index in [1.807, 2.05) is 6.92 Å². The maximum absolute atomic E-state index is 6.14. The molecule has 0 bridgehead atoms. The number of halogens is 2. The Hall–Kier alpha value is -0.920. The molecule has 0 spiro atoms. The second kappa shape index (κ2) is 9.39. The minimum Gasteiger partial charge on any atom is -0.379 e. The van der Waals surface area contributed by atoms with Crippen LogP contribution in [0.1, 0.15) is 12.5 Å². The Morgan fingerprint density at radius 2 is 2.09 bits per heavy atom. The fourth-order valence-electron chi connectivity index (χ4n) is 2.16. The van der Waals surface area contributed by atoms with Gasteiger partial charge in [0.05, 0.1) is 18.9 Å². The highest BCUT2D eigenvalue weighted by molar-refractivity contribution is 7.80. The fraction of sp³-hybridized carbons (Fsp3) is 0.467. The van der Waals surface area contributed by atoms with Crippen LogP contribution in [-0.2, 0) is 4.74 Å². The van der Waals surface area contributed by atoms with E-state index in [0.717, 1.165) is 50.7 Å². The molecular weight excluding hydrogens is 355 g/mol. The summed E-state index contributed by atoms with van der Waals surface area (Å²) in [4.78, 5) is 2.33. The molecule has 8 heteroatoms. The highest BCUT2D eigenvalue weighted by Crippen LogP contribution is 2.21. The molecule has 0 radical (unpaired) electrons. The predicted molar refractivity (Wildman–Crippen MR) is 99.7 cm³/mol. The number of hydrogen-bond acceptors (Lipinski definition) is 4. The normalized spacial score (nSPS) is 16.2. The Morgan fingerprint density at radius 1 is 1.35 bits per heavy atom. The lowest BCUT2D eigenvalue weighted by Crippen LogP contribution is -2.42. The third kappa shape index (κ3) is 6.24. The van der Waals surface area contributed by atoms with Gasteiger partial charge in [0.1, 0.15) is 0 Å². The van der Waals surface area contributed by atoms with E-state index in [9.17, 15) is 0 Å². The van der Waals surface area contributed by atoms with Crippen molar-refractivity contribution in [3.63, 3.8) is 0 Å². The number of benzene rings is 1. The van der Waals surface area contributed by atoms with Crippen LogP contribution in [0.2, 0.25) is 10.0 Å². The zero-order valence-electron chi connectivity index (χ0n) is 12.9. The Morgan fingerprint density at radius 3 is 2.83 bits per heavy atom. The van der Waals surface area contributed by atoms with Crippen LogP contribution >= 0.6 is 35.4 Å². The second-order valence-corrected chi connectivity index (χ2v) is 6.39. The van der Waals surface area contributed by atoms with Crippen molar-refractivity contribution >= 4 is 46.2 Å². The molecule has 1 saturated heterocycles. The van der Waals surface area contributed by atoms with Crippen molar-refractivity contribution in [3.8, 4) is 0 Å². The van der Waals surface area contributed by atoms with E-state index >= 15 is 0 Å². The molecule has 0 aliphatic carbocycles. The van der Waals surface area contributed by atoms with Gasteiger partial charge in [-0.2, -0.15) is 5.10 Å². The molecule has 1 aliphatic heterocycles. The average Bonchev–Trinajstić information content (AvgIpc) is 2.56. The number of nitrogens with one attached hydrogen (secondary N) is 2. The van der Waals surface area contributed by atoms with Gasteiger partial charge in [-0.15, -0.1) is 0 Å². The van der Waals surface area contributed by atoms with E-state index in [0.29, 0.717) is 15.2 Å². The van der Waals surface area contributed by atoms with Gasteiger partial charge in [-0.25, -0.2) is 0 Å². The number of hydrazone groups is 1. The maximum Gasteiger partial charge on any atom is 0.187 e. The van der Waals surface area contributed by atoms with Crippen molar-refractivity contribution in [1.82, 2.24) is 15.6 Å². The standard InChI is InChI=1S/C15H20Cl2N4OS/c1-11(13-10-12(16)2-3-14(13)17)19-20-15(23)18-4-5-21-6-8-22-9-7-21/h2-3,10H,4-9H2,1H3,(H2,18,20,23)/b19-11-. The van der Waals surface area contributed by atoms with Crippen LogP contribution in [-0.4, -0.2) is 55.1 Å². The van der Waals surface area contributed by atoms with Crippen LogP contribution in [0.15, 0.2) is 23.3 Å². The minimum absolute atomic E-state index is 0.482. The van der Waals surface area contributed by atoms with Gasteiger partial charge in [0.25, 0.3) is 0 Å². The summed E-state index contributed by atoms with van der Waals surface area (Å²) in [6.07, 6.45) is 0. The number of nitrogens with zero attached hydrogens (tertiary/aromatic N) is 2. The summed E-state index contributed by atoms with van der Waals surface area (Å²) >= 11 is 17.3. The number of ether oxygens (including phenoxy) is 1. The number of morpholine rings is 1. The first-order valence-corrected chi connectivity index (χ1v) is 8.56. The molecule has 5 nitrogen and oxygen atoms in total. The van der Waals surface area contributed by atoms with Crippen LogP contribution in [0.5, 0.6) is 0 Å². The van der Waals surface area contributed by atoms with Crippen molar-refractivity contribution in [2.75, 3.05) is 39.4 Å². The molecule has 2 N–H and O–H groups in total. The van der Waals surface area contributed by atoms with Crippen molar-refractivity contribution in [2.24, 2.45) is 5.10 Å². The molecule has 0 atom stereocenters. The first-order chi connectivity index (χ1) is 11.1. The molecule has 2 rings (SSSR count). The monoisotopic (exact) mass is 374 g/mol. The van der Waals surface area contributed by atoms with Gasteiger partial charge in [-0.3, -0.25) is 10.3 Å². The molecule has 1 aromatic rings. The van der Waals surface area contributed by atoms with E-state index in [-0.39, 0.29) is 0 Å². The molecule has 1 aliphatic rings. The largest absolute Gasteiger partial charge is 0.379 e. The summed E-state index contributed by atoms with van der Waals surface area (Å²) in [5, 5.41) is 9.08. The van der Waals surface area contributed by atoms with Crippen LogP contribution in [0.3, 0.4) is 0 Å². The topological polar surface area (TPSA) is 48.9 Å². The quantitative estimate of drug-likeness (QED) is 0.471. The highest BCUT2D eigenvalue weighted by Gasteiger charge is 2.09. The lowest BCUT2D eigenvalue weighted by atomic mass is 10.1. The van der Waals surface area contributed by atoms with Crippen LogP contribution in [0.4, 0.5) is 0 Å². The number of thiocarbonyl (C=S) groups is 1. The van der Waals surface area contributed by atoms with E-state index in [4.69, 9.17) is 40.2 Å². The second-order valence-electron chi connectivity index (χ2n) is 5.14. The molecule has 1 fully saturated rings. The molecule has 0 unspecified atom stereocenters. The molecule has 0 saturated carbocycles. The summed E-state index contributed by atoms with van der Waals surface area (Å²) in [6, 6.07) is 5.27. The van der Waals surface area contributed by atoms with Gasteiger partial charge >= 0.3 is 0 Å². The summed E-state index contributed by atoms with van der Waals surface area (Å²) in [6.45, 7) is 7.06. The molecule has 0 aromatic heterocycles. The van der Waals surface area contributed by atoms with Crippen LogP contribution < -0.4 is 10.7 Å². The summed E-state index contributed by atoms with van der Waals surface area (Å²) < 4.78 is 5.31. The third-order valence-electron chi connectivity index (χ3n) is 3.46. The van der Waals surface area contributed by atoms with Gasteiger partial charge in [0.15, 0.2) is 5.11 Å². The summed E-state index contributed by atoms with van der Waals surface area (Å²) in [5.74, 6) is 0. The van der Waals surface area contributed by atoms with E-state index < -0.39 is 0 Å².